The van der Waals surface area contributed by atoms with Crippen molar-refractivity contribution < 1.29 is 14.8 Å². The zero-order valence-corrected chi connectivity index (χ0v) is 10.4. The van der Waals surface area contributed by atoms with Crippen LogP contribution >= 0.6 is 0 Å². The van der Waals surface area contributed by atoms with Gasteiger partial charge in [-0.2, -0.15) is 0 Å². The monoisotopic (exact) mass is 266 g/mol. The van der Waals surface area contributed by atoms with E-state index >= 15 is 0 Å². The first-order valence-corrected chi connectivity index (χ1v) is 5.80. The van der Waals surface area contributed by atoms with Gasteiger partial charge < -0.3 is 14.9 Å². The maximum Gasteiger partial charge on any atom is 0.339 e. The van der Waals surface area contributed by atoms with Crippen molar-refractivity contribution in [2.75, 3.05) is 38.1 Å². The van der Waals surface area contributed by atoms with Crippen LogP contribution in [-0.2, 0) is 0 Å². The number of carboxylic acids is 1. The van der Waals surface area contributed by atoms with E-state index in [1.54, 1.807) is 0 Å². The summed E-state index contributed by atoms with van der Waals surface area (Å²) in [4.78, 5) is 29.1. The molecule has 0 amide bonds. The summed E-state index contributed by atoms with van der Waals surface area (Å²) in [5.74, 6) is -0.906. The Hall–Kier alpha value is -2.22. The molecule has 1 aromatic rings. The Labute approximate surface area is 109 Å². The minimum atomic E-state index is -1.20. The van der Waals surface area contributed by atoms with Gasteiger partial charge in [-0.05, 0) is 7.05 Å². The second-order valence-corrected chi connectivity index (χ2v) is 4.42. The summed E-state index contributed by atoms with van der Waals surface area (Å²) in [6, 6.07) is 1.06. The van der Waals surface area contributed by atoms with Gasteiger partial charge in [-0.3, -0.25) is 10.1 Å². The van der Waals surface area contributed by atoms with Crippen LogP contribution in [0.5, 0.6) is 0 Å². The molecule has 1 fully saturated rings. The van der Waals surface area contributed by atoms with Gasteiger partial charge in [0.25, 0.3) is 5.69 Å². The Morgan fingerprint density at radius 3 is 2.58 bits per heavy atom. The molecule has 0 saturated carbocycles. The highest BCUT2D eigenvalue weighted by Gasteiger charge is 2.23. The van der Waals surface area contributed by atoms with Crippen LogP contribution in [0.1, 0.15) is 10.4 Å². The Balaban J connectivity index is 2.34. The van der Waals surface area contributed by atoms with Crippen molar-refractivity contribution in [2.24, 2.45) is 0 Å². The van der Waals surface area contributed by atoms with Crippen LogP contribution in [0.3, 0.4) is 0 Å². The van der Waals surface area contributed by atoms with Crippen LogP contribution in [0.25, 0.3) is 0 Å². The van der Waals surface area contributed by atoms with Crippen molar-refractivity contribution in [1.82, 2.24) is 9.88 Å². The van der Waals surface area contributed by atoms with Gasteiger partial charge in [-0.15, -0.1) is 0 Å². The number of aromatic carboxylic acids is 1. The Kier molecular flexibility index (Phi) is 3.61. The number of hydrogen-bond donors (Lipinski definition) is 1. The van der Waals surface area contributed by atoms with Gasteiger partial charge in [0.05, 0.1) is 4.92 Å². The zero-order valence-electron chi connectivity index (χ0n) is 10.4. The lowest BCUT2D eigenvalue weighted by Crippen LogP contribution is -2.45. The highest BCUT2D eigenvalue weighted by atomic mass is 16.6. The molecule has 0 aromatic carbocycles. The fourth-order valence-corrected chi connectivity index (χ4v) is 1.97. The number of likely N-dealkylation sites (N-methyl/N-ethyl adjacent to an activating group) is 1. The van der Waals surface area contributed by atoms with E-state index in [0.29, 0.717) is 18.9 Å². The van der Waals surface area contributed by atoms with Crippen LogP contribution in [0.4, 0.5) is 11.5 Å². The lowest BCUT2D eigenvalue weighted by molar-refractivity contribution is -0.385. The maximum absolute atomic E-state index is 11.2. The number of nitrogens with zero attached hydrogens (tertiary/aromatic N) is 4. The van der Waals surface area contributed by atoms with Gasteiger partial charge in [0.2, 0.25) is 0 Å². The third kappa shape index (κ3) is 2.79. The smallest absolute Gasteiger partial charge is 0.339 e. The molecule has 2 rings (SSSR count). The molecule has 8 nitrogen and oxygen atoms in total. The average molecular weight is 266 g/mol. The molecular weight excluding hydrogens is 252 g/mol. The maximum atomic E-state index is 11.2. The number of carbonyl (C=O) groups is 1. The summed E-state index contributed by atoms with van der Waals surface area (Å²) in [6.07, 6.45) is 1.10. The number of rotatable bonds is 3. The molecule has 1 aliphatic rings. The summed E-state index contributed by atoms with van der Waals surface area (Å²) in [7, 11) is 1.98. The Morgan fingerprint density at radius 1 is 1.42 bits per heavy atom. The van der Waals surface area contributed by atoms with Crippen molar-refractivity contribution in [3.63, 3.8) is 0 Å². The number of piperazine rings is 1. The number of hydrogen-bond acceptors (Lipinski definition) is 6. The molecule has 0 spiro atoms. The number of pyridine rings is 1. The molecule has 1 aromatic heterocycles. The molecule has 102 valence electrons. The number of carboxylic acid groups (broad SMARTS) is 1. The third-order valence-corrected chi connectivity index (χ3v) is 3.10. The quantitative estimate of drug-likeness (QED) is 0.625. The second-order valence-electron chi connectivity index (χ2n) is 4.42. The topological polar surface area (TPSA) is 99.8 Å². The van der Waals surface area contributed by atoms with E-state index in [0.717, 1.165) is 25.4 Å². The van der Waals surface area contributed by atoms with E-state index in [-0.39, 0.29) is 11.3 Å². The first-order chi connectivity index (χ1) is 8.99. The normalized spacial score (nSPS) is 16.4. The van der Waals surface area contributed by atoms with Crippen LogP contribution in [0.2, 0.25) is 0 Å². The summed E-state index contributed by atoms with van der Waals surface area (Å²) in [5.41, 5.74) is -0.436. The lowest BCUT2D eigenvalue weighted by atomic mass is 10.2. The standard InChI is InChI=1S/C11H14N4O4/c1-13-2-4-14(5-3-13)10-9(11(16)17)6-8(7-12-10)15(18)19/h6-7H,2-5H2,1H3,(H,16,17). The minimum absolute atomic E-state index is 0.126. The van der Waals surface area contributed by atoms with E-state index in [4.69, 9.17) is 5.11 Å². The molecule has 2 heterocycles. The van der Waals surface area contributed by atoms with Crippen LogP contribution in [-0.4, -0.2) is 59.1 Å². The van der Waals surface area contributed by atoms with Gasteiger partial charge >= 0.3 is 5.97 Å². The summed E-state index contributed by atoms with van der Waals surface area (Å²) in [6.45, 7) is 2.92. The molecule has 0 aliphatic carbocycles. The molecule has 1 aliphatic heterocycles. The SMILES string of the molecule is CN1CCN(c2ncc([N+](=O)[O-])cc2C(=O)O)CC1. The molecular formula is C11H14N4O4. The Morgan fingerprint density at radius 2 is 2.05 bits per heavy atom. The predicted molar refractivity (Wildman–Crippen MR) is 67.6 cm³/mol. The highest BCUT2D eigenvalue weighted by Crippen LogP contribution is 2.23. The first kappa shape index (κ1) is 13.2. The van der Waals surface area contributed by atoms with E-state index in [1.165, 1.54) is 0 Å². The largest absolute Gasteiger partial charge is 0.478 e. The zero-order chi connectivity index (χ0) is 14.0. The molecule has 19 heavy (non-hydrogen) atoms. The first-order valence-electron chi connectivity index (χ1n) is 5.80. The summed E-state index contributed by atoms with van der Waals surface area (Å²) in [5, 5.41) is 19.8. The van der Waals surface area contributed by atoms with E-state index in [9.17, 15) is 14.9 Å². The summed E-state index contributed by atoms with van der Waals surface area (Å²) < 4.78 is 0. The van der Waals surface area contributed by atoms with E-state index < -0.39 is 10.9 Å². The van der Waals surface area contributed by atoms with E-state index in [1.807, 2.05) is 11.9 Å². The van der Waals surface area contributed by atoms with Crippen molar-refractivity contribution >= 4 is 17.5 Å². The number of anilines is 1. The van der Waals surface area contributed by atoms with Crippen molar-refractivity contribution in [3.05, 3.63) is 27.9 Å². The number of nitro groups is 1. The fourth-order valence-electron chi connectivity index (χ4n) is 1.97. The van der Waals surface area contributed by atoms with Crippen molar-refractivity contribution in [3.8, 4) is 0 Å². The number of aromatic nitrogens is 1. The van der Waals surface area contributed by atoms with Gasteiger partial charge in [0.15, 0.2) is 0 Å². The Bertz CT molecular complexity index is 511. The van der Waals surface area contributed by atoms with Gasteiger partial charge in [-0.1, -0.05) is 0 Å². The van der Waals surface area contributed by atoms with Gasteiger partial charge in [0.1, 0.15) is 17.6 Å². The van der Waals surface area contributed by atoms with Crippen molar-refractivity contribution in [2.45, 2.75) is 0 Å². The fraction of sp³-hybridized carbons (Fsp3) is 0.455. The second kappa shape index (κ2) is 5.19. The molecule has 0 unspecified atom stereocenters. The molecule has 0 bridgehead atoms. The van der Waals surface area contributed by atoms with E-state index in [2.05, 4.69) is 9.88 Å². The molecule has 0 radical (unpaired) electrons. The van der Waals surface area contributed by atoms with Crippen LogP contribution in [0.15, 0.2) is 12.3 Å². The predicted octanol–water partition coefficient (Wildman–Crippen LogP) is 0.440. The third-order valence-electron chi connectivity index (χ3n) is 3.10. The minimum Gasteiger partial charge on any atom is -0.478 e. The van der Waals surface area contributed by atoms with Gasteiger partial charge in [0, 0.05) is 32.2 Å². The van der Waals surface area contributed by atoms with Gasteiger partial charge in [-0.25, -0.2) is 9.78 Å². The molecule has 8 heteroatoms. The molecule has 1 N–H and O–H groups in total. The van der Waals surface area contributed by atoms with Crippen molar-refractivity contribution in [1.29, 1.82) is 0 Å². The van der Waals surface area contributed by atoms with Crippen LogP contribution in [0, 0.1) is 10.1 Å². The summed E-state index contributed by atoms with van der Waals surface area (Å²) >= 11 is 0. The molecule has 1 saturated heterocycles. The van der Waals surface area contributed by atoms with Crippen LogP contribution < -0.4 is 4.90 Å². The average Bonchev–Trinajstić information content (AvgIpc) is 2.38. The highest BCUT2D eigenvalue weighted by molar-refractivity contribution is 5.94. The lowest BCUT2D eigenvalue weighted by Gasteiger charge is -2.33. The molecule has 0 atom stereocenters.